The molecule has 5 heterocycles. The normalized spacial score (nSPS) is 14.5. The van der Waals surface area contributed by atoms with E-state index >= 15 is 0 Å². The van der Waals surface area contributed by atoms with Gasteiger partial charge in [-0.05, 0) is 55.8 Å². The summed E-state index contributed by atoms with van der Waals surface area (Å²) in [5.74, 6) is 2.78. The number of aromatic nitrogens is 6. The van der Waals surface area contributed by atoms with E-state index in [1.54, 1.807) is 13.3 Å². The largest absolute Gasteiger partial charge is 0.493 e. The Bertz CT molecular complexity index is 1750. The zero-order valence-corrected chi connectivity index (χ0v) is 22.9. The molecule has 0 unspecified atom stereocenters. The van der Waals surface area contributed by atoms with Crippen LogP contribution in [0, 0.1) is 0 Å². The molecule has 0 radical (unpaired) electrons. The van der Waals surface area contributed by atoms with Crippen LogP contribution in [-0.2, 0) is 6.54 Å². The van der Waals surface area contributed by atoms with Crippen LogP contribution in [-0.4, -0.2) is 54.6 Å². The number of pyridine rings is 2. The van der Waals surface area contributed by atoms with Gasteiger partial charge in [0.15, 0.2) is 17.2 Å². The van der Waals surface area contributed by atoms with Crippen molar-refractivity contribution in [3.63, 3.8) is 0 Å². The van der Waals surface area contributed by atoms with Crippen molar-refractivity contribution in [1.29, 1.82) is 0 Å². The van der Waals surface area contributed by atoms with Crippen molar-refractivity contribution in [2.75, 3.05) is 20.2 Å². The van der Waals surface area contributed by atoms with E-state index < -0.39 is 0 Å². The molecule has 4 aromatic heterocycles. The molecule has 6 aromatic rings. The van der Waals surface area contributed by atoms with Crippen LogP contribution in [0.1, 0.15) is 30.1 Å². The number of hydrogen-bond donors (Lipinski definition) is 1. The third kappa shape index (κ3) is 4.98. The Labute approximate surface area is 238 Å². The van der Waals surface area contributed by atoms with Crippen molar-refractivity contribution in [1.82, 2.24) is 34.4 Å². The molecule has 2 aromatic carbocycles. The molecule has 1 aliphatic rings. The minimum absolute atomic E-state index is 0.391. The predicted molar refractivity (Wildman–Crippen MR) is 159 cm³/mol. The Balaban J connectivity index is 1.06. The molecule has 204 valence electrons. The summed E-state index contributed by atoms with van der Waals surface area (Å²) in [5, 5.41) is 7.56. The van der Waals surface area contributed by atoms with E-state index in [4.69, 9.17) is 14.7 Å². The van der Waals surface area contributed by atoms with E-state index in [0.717, 1.165) is 77.9 Å². The highest BCUT2D eigenvalue weighted by atomic mass is 16.5. The fourth-order valence-corrected chi connectivity index (χ4v) is 5.73. The highest BCUT2D eigenvalue weighted by molar-refractivity contribution is 5.83. The Hall–Kier alpha value is -4.82. The number of nitrogens with one attached hydrogen (secondary N) is 1. The molecule has 0 aliphatic carbocycles. The average Bonchev–Trinajstić information content (AvgIpc) is 3.69. The number of piperidine rings is 1. The SMILES string of the molecule is COc1cccn2c(-c3ccccc3)c(-c3ccc(CN4CCC(c5nc(-c6ccccn6)n[nH]5)CC4)cc3)nc12. The van der Waals surface area contributed by atoms with Gasteiger partial charge in [-0.15, -0.1) is 0 Å². The number of hydrogen-bond acceptors (Lipinski definition) is 6. The van der Waals surface area contributed by atoms with Gasteiger partial charge in [-0.3, -0.25) is 19.4 Å². The molecule has 0 saturated carbocycles. The van der Waals surface area contributed by atoms with Crippen LogP contribution in [0.2, 0.25) is 0 Å². The highest BCUT2D eigenvalue weighted by Crippen LogP contribution is 2.35. The lowest BCUT2D eigenvalue weighted by Crippen LogP contribution is -2.32. The topological polar surface area (TPSA) is 84.2 Å². The van der Waals surface area contributed by atoms with Crippen molar-refractivity contribution >= 4 is 5.65 Å². The fraction of sp³-hybridized carbons (Fsp3) is 0.212. The van der Waals surface area contributed by atoms with Crippen LogP contribution < -0.4 is 4.74 Å². The van der Waals surface area contributed by atoms with Gasteiger partial charge in [0.2, 0.25) is 0 Å². The molecule has 1 saturated heterocycles. The van der Waals surface area contributed by atoms with Crippen LogP contribution in [0.4, 0.5) is 0 Å². The van der Waals surface area contributed by atoms with Crippen LogP contribution in [0.15, 0.2) is 97.3 Å². The second kappa shape index (κ2) is 11.0. The number of methoxy groups -OCH3 is 1. The summed E-state index contributed by atoms with van der Waals surface area (Å²) >= 11 is 0. The number of ether oxygens (including phenoxy) is 1. The van der Waals surface area contributed by atoms with Crippen molar-refractivity contribution in [3.8, 4) is 39.8 Å². The Morgan fingerprint density at radius 2 is 1.66 bits per heavy atom. The molecule has 8 nitrogen and oxygen atoms in total. The van der Waals surface area contributed by atoms with E-state index in [1.807, 2.05) is 42.6 Å². The number of imidazole rings is 1. The lowest BCUT2D eigenvalue weighted by molar-refractivity contribution is 0.202. The van der Waals surface area contributed by atoms with Gasteiger partial charge in [-0.2, -0.15) is 5.10 Å². The first-order valence-electron chi connectivity index (χ1n) is 14.0. The third-order valence-corrected chi connectivity index (χ3v) is 7.89. The monoisotopic (exact) mass is 541 g/mol. The zero-order valence-electron chi connectivity index (χ0n) is 22.9. The smallest absolute Gasteiger partial charge is 0.199 e. The maximum atomic E-state index is 5.63. The van der Waals surface area contributed by atoms with E-state index in [-0.39, 0.29) is 0 Å². The number of aromatic amines is 1. The van der Waals surface area contributed by atoms with Gasteiger partial charge in [0.25, 0.3) is 0 Å². The second-order valence-corrected chi connectivity index (χ2v) is 10.5. The summed E-state index contributed by atoms with van der Waals surface area (Å²) in [4.78, 5) is 16.7. The van der Waals surface area contributed by atoms with Gasteiger partial charge in [0.1, 0.15) is 11.5 Å². The summed E-state index contributed by atoms with van der Waals surface area (Å²) in [5.41, 5.74) is 7.13. The molecule has 8 heteroatoms. The molecular formula is C33H31N7O. The standard InChI is InChI=1S/C33H31N7O/c1-41-28-11-7-19-40-30(25-8-3-2-4-9-25)29(35-33(28)40)24-14-12-23(13-15-24)22-39-20-16-26(17-21-39)31-36-32(38-37-31)27-10-5-6-18-34-27/h2-15,18-19,26H,16-17,20-22H2,1H3,(H,36,37,38). The van der Waals surface area contributed by atoms with Crippen LogP contribution in [0.3, 0.4) is 0 Å². The van der Waals surface area contributed by atoms with Gasteiger partial charge < -0.3 is 4.74 Å². The Kier molecular flexibility index (Phi) is 6.74. The van der Waals surface area contributed by atoms with Crippen molar-refractivity contribution in [2.24, 2.45) is 0 Å². The number of nitrogens with zero attached hydrogens (tertiary/aromatic N) is 6. The molecule has 7 rings (SSSR count). The lowest BCUT2D eigenvalue weighted by Gasteiger charge is -2.30. The summed E-state index contributed by atoms with van der Waals surface area (Å²) in [6.45, 7) is 2.97. The number of fused-ring (bicyclic) bond motifs is 1. The van der Waals surface area contributed by atoms with E-state index in [9.17, 15) is 0 Å². The zero-order chi connectivity index (χ0) is 27.6. The van der Waals surface area contributed by atoms with E-state index in [2.05, 4.69) is 73.0 Å². The maximum absolute atomic E-state index is 5.63. The lowest BCUT2D eigenvalue weighted by atomic mass is 9.95. The van der Waals surface area contributed by atoms with Gasteiger partial charge in [0.05, 0.1) is 18.5 Å². The summed E-state index contributed by atoms with van der Waals surface area (Å²) in [6, 6.07) is 29.0. The maximum Gasteiger partial charge on any atom is 0.199 e. The summed E-state index contributed by atoms with van der Waals surface area (Å²) < 4.78 is 7.75. The molecule has 0 amide bonds. The highest BCUT2D eigenvalue weighted by Gasteiger charge is 2.24. The fourth-order valence-electron chi connectivity index (χ4n) is 5.73. The van der Waals surface area contributed by atoms with Gasteiger partial charge >= 0.3 is 0 Å². The Morgan fingerprint density at radius 1 is 0.854 bits per heavy atom. The molecule has 1 aliphatic heterocycles. The molecule has 0 bridgehead atoms. The van der Waals surface area contributed by atoms with Crippen molar-refractivity contribution in [3.05, 3.63) is 109 Å². The van der Waals surface area contributed by atoms with Gasteiger partial charge in [-0.1, -0.05) is 60.7 Å². The minimum Gasteiger partial charge on any atom is -0.493 e. The second-order valence-electron chi connectivity index (χ2n) is 10.5. The van der Waals surface area contributed by atoms with Crippen LogP contribution in [0.25, 0.3) is 39.7 Å². The number of H-pyrrole nitrogens is 1. The number of likely N-dealkylation sites (tertiary alicyclic amines) is 1. The number of rotatable bonds is 7. The first kappa shape index (κ1) is 25.2. The molecule has 0 atom stereocenters. The predicted octanol–water partition coefficient (Wildman–Crippen LogP) is 6.24. The molecule has 1 fully saturated rings. The van der Waals surface area contributed by atoms with Crippen molar-refractivity contribution in [2.45, 2.75) is 25.3 Å². The summed E-state index contributed by atoms with van der Waals surface area (Å²) in [7, 11) is 1.69. The van der Waals surface area contributed by atoms with Gasteiger partial charge in [-0.25, -0.2) is 9.97 Å². The van der Waals surface area contributed by atoms with Crippen LogP contribution in [0.5, 0.6) is 5.75 Å². The first-order valence-corrected chi connectivity index (χ1v) is 14.0. The molecule has 1 N–H and O–H groups in total. The Morgan fingerprint density at radius 3 is 2.41 bits per heavy atom. The molecular weight excluding hydrogens is 510 g/mol. The van der Waals surface area contributed by atoms with E-state index in [1.165, 1.54) is 5.56 Å². The van der Waals surface area contributed by atoms with Crippen molar-refractivity contribution < 1.29 is 4.74 Å². The van der Waals surface area contributed by atoms with Gasteiger partial charge in [0, 0.05) is 36.0 Å². The minimum atomic E-state index is 0.391. The molecule has 0 spiro atoms. The first-order chi connectivity index (χ1) is 20.3. The van der Waals surface area contributed by atoms with Crippen LogP contribution >= 0.6 is 0 Å². The number of benzene rings is 2. The summed E-state index contributed by atoms with van der Waals surface area (Å²) in [6.07, 6.45) is 5.93. The van der Waals surface area contributed by atoms with E-state index in [0.29, 0.717) is 11.7 Å². The molecule has 41 heavy (non-hydrogen) atoms. The quantitative estimate of drug-likeness (QED) is 0.258. The average molecular weight is 542 g/mol. The third-order valence-electron chi connectivity index (χ3n) is 7.89.